The first-order valence-corrected chi connectivity index (χ1v) is 6.39. The molecule has 2 atom stereocenters. The SMILES string of the molecule is Cc1cnc(C(C)N2CCNC[C@@H]2C)s1. The Balaban J connectivity index is 2.09. The van der Waals surface area contributed by atoms with Crippen molar-refractivity contribution in [2.75, 3.05) is 19.6 Å². The number of rotatable bonds is 2. The molecule has 0 spiro atoms. The van der Waals surface area contributed by atoms with Gasteiger partial charge in [0, 0.05) is 36.8 Å². The van der Waals surface area contributed by atoms with E-state index in [0.717, 1.165) is 19.6 Å². The summed E-state index contributed by atoms with van der Waals surface area (Å²) in [5, 5.41) is 4.67. The summed E-state index contributed by atoms with van der Waals surface area (Å²) < 4.78 is 0. The summed E-state index contributed by atoms with van der Waals surface area (Å²) in [5.41, 5.74) is 0. The second kappa shape index (κ2) is 4.60. The smallest absolute Gasteiger partial charge is 0.110 e. The molecule has 1 aromatic heterocycles. The van der Waals surface area contributed by atoms with Crippen LogP contribution in [0, 0.1) is 6.92 Å². The number of piperazine rings is 1. The van der Waals surface area contributed by atoms with E-state index in [4.69, 9.17) is 0 Å². The monoisotopic (exact) mass is 225 g/mol. The standard InChI is InChI=1S/C11H19N3S/c1-8-6-12-4-5-14(8)10(3)11-13-7-9(2)15-11/h7-8,10,12H,4-6H2,1-3H3/t8-,10?/m0/s1. The van der Waals surface area contributed by atoms with Crippen LogP contribution in [0.15, 0.2) is 6.20 Å². The predicted molar refractivity (Wildman–Crippen MR) is 64.3 cm³/mol. The van der Waals surface area contributed by atoms with Crippen LogP contribution in [-0.4, -0.2) is 35.6 Å². The molecule has 1 saturated heterocycles. The lowest BCUT2D eigenvalue weighted by Gasteiger charge is -2.37. The van der Waals surface area contributed by atoms with Crippen LogP contribution in [0.25, 0.3) is 0 Å². The van der Waals surface area contributed by atoms with E-state index in [1.165, 1.54) is 9.88 Å². The van der Waals surface area contributed by atoms with Crippen molar-refractivity contribution in [2.24, 2.45) is 0 Å². The normalized spacial score (nSPS) is 25.4. The Morgan fingerprint density at radius 1 is 1.67 bits per heavy atom. The van der Waals surface area contributed by atoms with E-state index in [9.17, 15) is 0 Å². The van der Waals surface area contributed by atoms with Gasteiger partial charge >= 0.3 is 0 Å². The number of nitrogens with one attached hydrogen (secondary N) is 1. The number of nitrogens with zero attached hydrogens (tertiary/aromatic N) is 2. The number of thiazole rings is 1. The molecule has 1 aliphatic heterocycles. The molecule has 1 unspecified atom stereocenters. The fraction of sp³-hybridized carbons (Fsp3) is 0.727. The summed E-state index contributed by atoms with van der Waals surface area (Å²) in [6.45, 7) is 9.98. The Hall–Kier alpha value is -0.450. The van der Waals surface area contributed by atoms with Gasteiger partial charge in [0.1, 0.15) is 5.01 Å². The highest BCUT2D eigenvalue weighted by atomic mass is 32.1. The summed E-state index contributed by atoms with van der Waals surface area (Å²) in [4.78, 5) is 8.32. The molecule has 3 nitrogen and oxygen atoms in total. The Morgan fingerprint density at radius 3 is 3.07 bits per heavy atom. The molecule has 2 heterocycles. The minimum absolute atomic E-state index is 0.459. The van der Waals surface area contributed by atoms with Crippen LogP contribution >= 0.6 is 11.3 Å². The third-order valence-corrected chi connectivity index (χ3v) is 4.13. The molecule has 0 aromatic carbocycles. The first-order valence-electron chi connectivity index (χ1n) is 5.57. The van der Waals surface area contributed by atoms with Crippen molar-refractivity contribution >= 4 is 11.3 Å². The van der Waals surface area contributed by atoms with Gasteiger partial charge in [-0.1, -0.05) is 0 Å². The largest absolute Gasteiger partial charge is 0.314 e. The highest BCUT2D eigenvalue weighted by Gasteiger charge is 2.25. The van der Waals surface area contributed by atoms with Gasteiger partial charge in [0.05, 0.1) is 6.04 Å². The molecule has 0 saturated carbocycles. The molecule has 0 radical (unpaired) electrons. The van der Waals surface area contributed by atoms with E-state index >= 15 is 0 Å². The molecule has 1 aromatic rings. The lowest BCUT2D eigenvalue weighted by molar-refractivity contribution is 0.126. The van der Waals surface area contributed by atoms with E-state index in [2.05, 4.69) is 36.0 Å². The van der Waals surface area contributed by atoms with Crippen molar-refractivity contribution < 1.29 is 0 Å². The fourth-order valence-corrected chi connectivity index (χ4v) is 2.99. The van der Waals surface area contributed by atoms with Crippen molar-refractivity contribution in [3.63, 3.8) is 0 Å². The quantitative estimate of drug-likeness (QED) is 0.832. The second-order valence-corrected chi connectivity index (χ2v) is 5.54. The fourth-order valence-electron chi connectivity index (χ4n) is 2.14. The summed E-state index contributed by atoms with van der Waals surface area (Å²) in [5.74, 6) is 0. The van der Waals surface area contributed by atoms with Gasteiger partial charge in [-0.3, -0.25) is 4.90 Å². The second-order valence-electron chi connectivity index (χ2n) is 4.28. The van der Waals surface area contributed by atoms with Gasteiger partial charge in [-0.25, -0.2) is 4.98 Å². The maximum atomic E-state index is 4.48. The lowest BCUT2D eigenvalue weighted by Crippen LogP contribution is -2.50. The van der Waals surface area contributed by atoms with Crippen LogP contribution in [0.2, 0.25) is 0 Å². The first kappa shape index (κ1) is 11.0. The number of hydrogen-bond acceptors (Lipinski definition) is 4. The summed E-state index contributed by atoms with van der Waals surface area (Å²) >= 11 is 1.82. The topological polar surface area (TPSA) is 28.2 Å². The number of hydrogen-bond donors (Lipinski definition) is 1. The Labute approximate surface area is 95.5 Å². The van der Waals surface area contributed by atoms with E-state index < -0.39 is 0 Å². The Morgan fingerprint density at radius 2 is 2.47 bits per heavy atom. The van der Waals surface area contributed by atoms with Crippen LogP contribution < -0.4 is 5.32 Å². The third-order valence-electron chi connectivity index (χ3n) is 3.05. The molecule has 0 bridgehead atoms. The van der Waals surface area contributed by atoms with Crippen molar-refractivity contribution in [3.8, 4) is 0 Å². The molecule has 1 fully saturated rings. The molecule has 15 heavy (non-hydrogen) atoms. The van der Waals surface area contributed by atoms with Gasteiger partial charge in [0.2, 0.25) is 0 Å². The molecule has 1 aliphatic rings. The van der Waals surface area contributed by atoms with Crippen molar-refractivity contribution in [3.05, 3.63) is 16.1 Å². The molecule has 0 aliphatic carbocycles. The van der Waals surface area contributed by atoms with Crippen molar-refractivity contribution in [1.82, 2.24) is 15.2 Å². The van der Waals surface area contributed by atoms with Crippen LogP contribution in [0.3, 0.4) is 0 Å². The third kappa shape index (κ3) is 2.38. The van der Waals surface area contributed by atoms with Crippen LogP contribution in [0.5, 0.6) is 0 Å². The van der Waals surface area contributed by atoms with Crippen LogP contribution in [-0.2, 0) is 0 Å². The zero-order chi connectivity index (χ0) is 10.8. The first-order chi connectivity index (χ1) is 7.18. The average Bonchev–Trinajstić information content (AvgIpc) is 2.65. The Bertz CT molecular complexity index is 323. The number of aryl methyl sites for hydroxylation is 1. The lowest BCUT2D eigenvalue weighted by atomic mass is 10.1. The highest BCUT2D eigenvalue weighted by molar-refractivity contribution is 7.11. The van der Waals surface area contributed by atoms with Gasteiger partial charge in [0.25, 0.3) is 0 Å². The van der Waals surface area contributed by atoms with E-state index in [1.54, 1.807) is 0 Å². The minimum atomic E-state index is 0.459. The van der Waals surface area contributed by atoms with Gasteiger partial charge in [0.15, 0.2) is 0 Å². The summed E-state index contributed by atoms with van der Waals surface area (Å²) in [7, 11) is 0. The minimum Gasteiger partial charge on any atom is -0.314 e. The van der Waals surface area contributed by atoms with Gasteiger partial charge < -0.3 is 5.32 Å². The van der Waals surface area contributed by atoms with Gasteiger partial charge in [-0.05, 0) is 20.8 Å². The van der Waals surface area contributed by atoms with Crippen LogP contribution in [0.1, 0.15) is 29.8 Å². The molecule has 1 N–H and O–H groups in total. The van der Waals surface area contributed by atoms with E-state index in [-0.39, 0.29) is 0 Å². The zero-order valence-electron chi connectivity index (χ0n) is 9.66. The van der Waals surface area contributed by atoms with Crippen LogP contribution in [0.4, 0.5) is 0 Å². The maximum absolute atomic E-state index is 4.48. The highest BCUT2D eigenvalue weighted by Crippen LogP contribution is 2.26. The molecular weight excluding hydrogens is 206 g/mol. The van der Waals surface area contributed by atoms with E-state index in [1.807, 2.05) is 17.5 Å². The molecule has 2 rings (SSSR count). The summed E-state index contributed by atoms with van der Waals surface area (Å²) in [6.07, 6.45) is 1.98. The summed E-state index contributed by atoms with van der Waals surface area (Å²) in [6, 6.07) is 1.07. The van der Waals surface area contributed by atoms with Crippen molar-refractivity contribution in [2.45, 2.75) is 32.9 Å². The molecule has 4 heteroatoms. The average molecular weight is 225 g/mol. The zero-order valence-corrected chi connectivity index (χ0v) is 10.5. The molecular formula is C11H19N3S. The van der Waals surface area contributed by atoms with E-state index in [0.29, 0.717) is 12.1 Å². The molecule has 0 amide bonds. The van der Waals surface area contributed by atoms with Crippen molar-refractivity contribution in [1.29, 1.82) is 0 Å². The Kier molecular flexibility index (Phi) is 3.38. The maximum Gasteiger partial charge on any atom is 0.110 e. The predicted octanol–water partition coefficient (Wildman–Crippen LogP) is 1.81. The van der Waals surface area contributed by atoms with Gasteiger partial charge in [-0.2, -0.15) is 0 Å². The molecule has 84 valence electrons. The number of aromatic nitrogens is 1. The van der Waals surface area contributed by atoms with Gasteiger partial charge in [-0.15, -0.1) is 11.3 Å².